The smallest absolute Gasteiger partial charge is 0.0416 e. The Balaban J connectivity index is 2.33. The molecule has 1 nitrogen and oxygen atoms in total. The fourth-order valence-electron chi connectivity index (χ4n) is 1.93. The van der Waals surface area contributed by atoms with Crippen molar-refractivity contribution < 1.29 is 0 Å². The third-order valence-corrected chi connectivity index (χ3v) is 3.07. The molecule has 0 fully saturated rings. The quantitative estimate of drug-likeness (QED) is 0.643. The van der Waals surface area contributed by atoms with Gasteiger partial charge in [0.1, 0.15) is 0 Å². The number of anilines is 1. The van der Waals surface area contributed by atoms with Gasteiger partial charge < -0.3 is 5.32 Å². The Morgan fingerprint density at radius 1 is 1.11 bits per heavy atom. The summed E-state index contributed by atoms with van der Waals surface area (Å²) in [7, 11) is 0. The van der Waals surface area contributed by atoms with Crippen LogP contribution in [-0.2, 0) is 0 Å². The number of allylic oxidation sites excluding steroid dienone is 3. The Bertz CT molecular complexity index is 399. The minimum atomic E-state index is 0.369. The predicted molar refractivity (Wildman–Crippen MR) is 86.5 cm³/mol. The first-order chi connectivity index (χ1) is 9.08. The first-order valence-electron chi connectivity index (χ1n) is 7.21. The van der Waals surface area contributed by atoms with Crippen LogP contribution in [0.25, 0.3) is 0 Å². The third kappa shape index (κ3) is 7.50. The second-order valence-electron chi connectivity index (χ2n) is 5.52. The third-order valence-electron chi connectivity index (χ3n) is 3.07. The highest BCUT2D eigenvalue weighted by atomic mass is 14.9. The van der Waals surface area contributed by atoms with E-state index in [0.717, 1.165) is 0 Å². The summed E-state index contributed by atoms with van der Waals surface area (Å²) in [6.07, 6.45) is 9.30. The molecule has 1 N–H and O–H groups in total. The van der Waals surface area contributed by atoms with Gasteiger partial charge in [0, 0.05) is 11.7 Å². The number of nitrogens with one attached hydrogen (secondary N) is 1. The zero-order chi connectivity index (χ0) is 14.1. The van der Waals surface area contributed by atoms with Gasteiger partial charge in [0.2, 0.25) is 0 Å². The molecule has 104 valence electrons. The van der Waals surface area contributed by atoms with Gasteiger partial charge in [-0.3, -0.25) is 0 Å². The predicted octanol–water partition coefficient (Wildman–Crippen LogP) is 5.43. The molecule has 0 aliphatic rings. The maximum absolute atomic E-state index is 3.47. The molecular formula is C18H27N. The molecule has 0 aliphatic carbocycles. The molecule has 1 rings (SSSR count). The van der Waals surface area contributed by atoms with E-state index in [0.29, 0.717) is 12.0 Å². The Morgan fingerprint density at radius 3 is 2.42 bits per heavy atom. The van der Waals surface area contributed by atoms with Crippen LogP contribution in [0.1, 0.15) is 40.5 Å². The van der Waals surface area contributed by atoms with Crippen LogP contribution in [0.5, 0.6) is 0 Å². The zero-order valence-corrected chi connectivity index (χ0v) is 12.7. The molecule has 19 heavy (non-hydrogen) atoms. The molecule has 2 atom stereocenters. The van der Waals surface area contributed by atoms with E-state index in [1.807, 2.05) is 6.07 Å². The maximum atomic E-state index is 3.47. The molecule has 2 unspecified atom stereocenters. The molecule has 1 aromatic carbocycles. The van der Waals surface area contributed by atoms with Gasteiger partial charge in [-0.15, -0.1) is 0 Å². The van der Waals surface area contributed by atoms with Crippen molar-refractivity contribution in [3.8, 4) is 0 Å². The van der Waals surface area contributed by atoms with Crippen molar-refractivity contribution in [3.63, 3.8) is 0 Å². The van der Waals surface area contributed by atoms with Gasteiger partial charge in [-0.05, 0) is 51.7 Å². The standard InChI is InChI=1S/C18H27N/c1-15(2)9-8-10-16(3)13-14-17(4)19-18-11-6-5-7-12-18/h5-7,9,11-14,16-17,19H,8,10H2,1-4H3/b14-13+. The van der Waals surface area contributed by atoms with E-state index in [1.165, 1.54) is 24.1 Å². The summed E-state index contributed by atoms with van der Waals surface area (Å²) in [4.78, 5) is 0. The molecule has 0 amide bonds. The number of hydrogen-bond donors (Lipinski definition) is 1. The first kappa shape index (κ1) is 15.6. The molecule has 0 aliphatic heterocycles. The van der Waals surface area contributed by atoms with Crippen LogP contribution in [-0.4, -0.2) is 6.04 Å². The number of rotatable bonds is 7. The summed E-state index contributed by atoms with van der Waals surface area (Å²) in [6.45, 7) is 8.79. The Labute approximate surface area is 118 Å². The summed E-state index contributed by atoms with van der Waals surface area (Å²) in [5, 5.41) is 3.47. The molecule has 0 aromatic heterocycles. The largest absolute Gasteiger partial charge is 0.379 e. The number of benzene rings is 1. The van der Waals surface area contributed by atoms with E-state index in [4.69, 9.17) is 0 Å². The SMILES string of the molecule is CC(C)=CCCC(C)/C=C/C(C)Nc1ccccc1. The van der Waals surface area contributed by atoms with Crippen LogP contribution in [0.2, 0.25) is 0 Å². The lowest BCUT2D eigenvalue weighted by atomic mass is 10.0. The lowest BCUT2D eigenvalue weighted by molar-refractivity contribution is 0.653. The lowest BCUT2D eigenvalue weighted by Crippen LogP contribution is -2.11. The van der Waals surface area contributed by atoms with Crippen LogP contribution in [0.3, 0.4) is 0 Å². The number of hydrogen-bond acceptors (Lipinski definition) is 1. The van der Waals surface area contributed by atoms with Crippen molar-refractivity contribution in [2.24, 2.45) is 5.92 Å². The first-order valence-corrected chi connectivity index (χ1v) is 7.21. The lowest BCUT2D eigenvalue weighted by Gasteiger charge is -2.12. The van der Waals surface area contributed by atoms with Crippen LogP contribution in [0.4, 0.5) is 5.69 Å². The van der Waals surface area contributed by atoms with E-state index in [2.05, 4.69) is 75.5 Å². The maximum Gasteiger partial charge on any atom is 0.0416 e. The Morgan fingerprint density at radius 2 is 1.79 bits per heavy atom. The second kappa shape index (κ2) is 8.58. The van der Waals surface area contributed by atoms with Crippen molar-refractivity contribution in [3.05, 3.63) is 54.1 Å². The number of para-hydroxylation sites is 1. The molecule has 0 spiro atoms. The molecule has 0 saturated heterocycles. The highest BCUT2D eigenvalue weighted by Gasteiger charge is 1.99. The van der Waals surface area contributed by atoms with Crippen molar-refractivity contribution in [1.82, 2.24) is 0 Å². The van der Waals surface area contributed by atoms with Crippen LogP contribution < -0.4 is 5.32 Å². The molecule has 1 aromatic rings. The van der Waals surface area contributed by atoms with E-state index in [9.17, 15) is 0 Å². The van der Waals surface area contributed by atoms with Gasteiger partial charge in [-0.2, -0.15) is 0 Å². The normalized spacial score (nSPS) is 14.1. The van der Waals surface area contributed by atoms with E-state index >= 15 is 0 Å². The summed E-state index contributed by atoms with van der Waals surface area (Å²) in [5.74, 6) is 0.635. The summed E-state index contributed by atoms with van der Waals surface area (Å²) in [5.41, 5.74) is 2.59. The van der Waals surface area contributed by atoms with Crippen molar-refractivity contribution in [2.75, 3.05) is 5.32 Å². The Kier molecular flexibility index (Phi) is 7.02. The van der Waals surface area contributed by atoms with Crippen molar-refractivity contribution in [1.29, 1.82) is 0 Å². The summed E-state index contributed by atoms with van der Waals surface area (Å²) < 4.78 is 0. The van der Waals surface area contributed by atoms with Gasteiger partial charge >= 0.3 is 0 Å². The van der Waals surface area contributed by atoms with Gasteiger partial charge in [0.05, 0.1) is 0 Å². The summed E-state index contributed by atoms with van der Waals surface area (Å²) in [6, 6.07) is 10.7. The molecular weight excluding hydrogens is 230 g/mol. The fraction of sp³-hybridized carbons (Fsp3) is 0.444. The molecule has 1 heteroatoms. The topological polar surface area (TPSA) is 12.0 Å². The zero-order valence-electron chi connectivity index (χ0n) is 12.7. The van der Waals surface area contributed by atoms with E-state index in [1.54, 1.807) is 0 Å². The van der Waals surface area contributed by atoms with Gasteiger partial charge in [-0.1, -0.05) is 48.9 Å². The average Bonchev–Trinajstić information content (AvgIpc) is 2.37. The van der Waals surface area contributed by atoms with Gasteiger partial charge in [0.25, 0.3) is 0 Å². The molecule has 0 radical (unpaired) electrons. The van der Waals surface area contributed by atoms with E-state index < -0.39 is 0 Å². The molecule has 0 heterocycles. The minimum Gasteiger partial charge on any atom is -0.379 e. The van der Waals surface area contributed by atoms with Crippen molar-refractivity contribution in [2.45, 2.75) is 46.6 Å². The minimum absolute atomic E-state index is 0.369. The Hall–Kier alpha value is -1.50. The fourth-order valence-corrected chi connectivity index (χ4v) is 1.93. The second-order valence-corrected chi connectivity index (χ2v) is 5.52. The van der Waals surface area contributed by atoms with Crippen LogP contribution in [0.15, 0.2) is 54.1 Å². The molecule has 0 saturated carbocycles. The van der Waals surface area contributed by atoms with Crippen LogP contribution >= 0.6 is 0 Å². The van der Waals surface area contributed by atoms with Gasteiger partial charge in [-0.25, -0.2) is 0 Å². The van der Waals surface area contributed by atoms with Gasteiger partial charge in [0.15, 0.2) is 0 Å². The monoisotopic (exact) mass is 257 g/mol. The molecule has 0 bridgehead atoms. The van der Waals surface area contributed by atoms with Crippen LogP contribution in [0, 0.1) is 5.92 Å². The average molecular weight is 257 g/mol. The highest BCUT2D eigenvalue weighted by Crippen LogP contribution is 2.11. The van der Waals surface area contributed by atoms with Crippen molar-refractivity contribution >= 4 is 5.69 Å². The van der Waals surface area contributed by atoms with E-state index in [-0.39, 0.29) is 0 Å². The summed E-state index contributed by atoms with van der Waals surface area (Å²) >= 11 is 0. The highest BCUT2D eigenvalue weighted by molar-refractivity contribution is 5.44.